The SMILES string of the molecule is Clc1cccnc1-n1[c]cc(Br)c1Br. The van der Waals surface area contributed by atoms with Crippen LogP contribution in [0, 0.1) is 6.20 Å². The summed E-state index contributed by atoms with van der Waals surface area (Å²) >= 11 is 12.8. The molecule has 0 atom stereocenters. The summed E-state index contributed by atoms with van der Waals surface area (Å²) in [6, 6.07) is 5.38. The summed E-state index contributed by atoms with van der Waals surface area (Å²) < 4.78 is 3.50. The van der Waals surface area contributed by atoms with Gasteiger partial charge in [-0.25, -0.2) is 4.98 Å². The average Bonchev–Trinajstić information content (AvgIpc) is 2.49. The molecule has 0 N–H and O–H groups in total. The summed E-state index contributed by atoms with van der Waals surface area (Å²) in [5.41, 5.74) is 0. The zero-order valence-corrected chi connectivity index (χ0v) is 10.8. The van der Waals surface area contributed by atoms with Gasteiger partial charge in [0.15, 0.2) is 5.82 Å². The molecular weight excluding hydrogens is 331 g/mol. The summed E-state index contributed by atoms with van der Waals surface area (Å²) in [7, 11) is 0. The molecule has 2 aromatic heterocycles. The molecule has 0 saturated carbocycles. The van der Waals surface area contributed by atoms with E-state index in [1.54, 1.807) is 29.0 Å². The molecule has 2 nitrogen and oxygen atoms in total. The van der Waals surface area contributed by atoms with Crippen LogP contribution < -0.4 is 0 Å². The first kappa shape index (κ1) is 10.2. The van der Waals surface area contributed by atoms with Gasteiger partial charge in [-0.1, -0.05) is 11.6 Å². The van der Waals surface area contributed by atoms with Crippen LogP contribution in [0.5, 0.6) is 0 Å². The smallest absolute Gasteiger partial charge is 0.156 e. The van der Waals surface area contributed by atoms with Crippen molar-refractivity contribution in [3.63, 3.8) is 0 Å². The largest absolute Gasteiger partial charge is 0.284 e. The third-order valence-electron chi connectivity index (χ3n) is 1.66. The van der Waals surface area contributed by atoms with Crippen molar-refractivity contribution in [2.45, 2.75) is 0 Å². The van der Waals surface area contributed by atoms with Crippen LogP contribution in [-0.4, -0.2) is 9.55 Å². The van der Waals surface area contributed by atoms with Crippen LogP contribution in [-0.2, 0) is 0 Å². The fourth-order valence-corrected chi connectivity index (χ4v) is 1.91. The number of pyridine rings is 1. The van der Waals surface area contributed by atoms with Gasteiger partial charge in [-0.2, -0.15) is 0 Å². The first-order valence-electron chi connectivity index (χ1n) is 3.75. The van der Waals surface area contributed by atoms with E-state index in [9.17, 15) is 0 Å². The minimum atomic E-state index is 0.590. The number of rotatable bonds is 1. The predicted octanol–water partition coefficient (Wildman–Crippen LogP) is 3.85. The Morgan fingerprint density at radius 2 is 2.21 bits per heavy atom. The van der Waals surface area contributed by atoms with Gasteiger partial charge >= 0.3 is 0 Å². The molecule has 0 amide bonds. The maximum atomic E-state index is 6.00. The highest BCUT2D eigenvalue weighted by Crippen LogP contribution is 2.28. The van der Waals surface area contributed by atoms with E-state index in [0.717, 1.165) is 9.08 Å². The van der Waals surface area contributed by atoms with Crippen molar-refractivity contribution in [3.8, 4) is 5.82 Å². The fourth-order valence-electron chi connectivity index (χ4n) is 1.04. The highest BCUT2D eigenvalue weighted by molar-refractivity contribution is 9.13. The van der Waals surface area contributed by atoms with Crippen molar-refractivity contribution in [1.29, 1.82) is 0 Å². The average molecular weight is 335 g/mol. The van der Waals surface area contributed by atoms with Crippen LogP contribution in [0.3, 0.4) is 0 Å². The van der Waals surface area contributed by atoms with E-state index in [-0.39, 0.29) is 0 Å². The molecule has 2 rings (SSSR count). The summed E-state index contributed by atoms with van der Waals surface area (Å²) in [5, 5.41) is 0.590. The molecule has 0 aromatic carbocycles. The van der Waals surface area contributed by atoms with Gasteiger partial charge in [-0.3, -0.25) is 4.57 Å². The Morgan fingerprint density at radius 3 is 2.79 bits per heavy atom. The Hall–Kier alpha value is -0.320. The third kappa shape index (κ3) is 1.74. The first-order valence-corrected chi connectivity index (χ1v) is 5.72. The van der Waals surface area contributed by atoms with Crippen molar-refractivity contribution < 1.29 is 0 Å². The molecule has 0 aliphatic rings. The fraction of sp³-hybridized carbons (Fsp3) is 0. The first-order chi connectivity index (χ1) is 6.70. The van der Waals surface area contributed by atoms with E-state index in [1.807, 2.05) is 0 Å². The van der Waals surface area contributed by atoms with E-state index >= 15 is 0 Å². The van der Waals surface area contributed by atoms with Gasteiger partial charge in [0.1, 0.15) is 4.60 Å². The molecule has 0 unspecified atom stereocenters. The highest BCUT2D eigenvalue weighted by Gasteiger charge is 2.09. The number of hydrogen-bond donors (Lipinski definition) is 0. The van der Waals surface area contributed by atoms with Crippen molar-refractivity contribution in [2.24, 2.45) is 0 Å². The second kappa shape index (κ2) is 4.04. The topological polar surface area (TPSA) is 17.8 Å². The molecule has 2 aromatic rings. The Labute approximate surface area is 103 Å². The maximum absolute atomic E-state index is 6.00. The lowest BCUT2D eigenvalue weighted by molar-refractivity contribution is 0.974. The van der Waals surface area contributed by atoms with Crippen LogP contribution in [0.25, 0.3) is 5.82 Å². The second-order valence-corrected chi connectivity index (χ2v) is 4.57. The van der Waals surface area contributed by atoms with E-state index in [4.69, 9.17) is 11.6 Å². The van der Waals surface area contributed by atoms with Gasteiger partial charge < -0.3 is 0 Å². The normalized spacial score (nSPS) is 10.5. The highest BCUT2D eigenvalue weighted by atomic mass is 79.9. The zero-order valence-electron chi connectivity index (χ0n) is 6.84. The van der Waals surface area contributed by atoms with E-state index in [2.05, 4.69) is 43.0 Å². The van der Waals surface area contributed by atoms with Crippen LogP contribution in [0.15, 0.2) is 33.5 Å². The molecule has 1 radical (unpaired) electrons. The molecule has 2 heterocycles. The van der Waals surface area contributed by atoms with Gasteiger partial charge in [0, 0.05) is 6.20 Å². The molecule has 71 valence electrons. The Morgan fingerprint density at radius 1 is 1.43 bits per heavy atom. The monoisotopic (exact) mass is 333 g/mol. The second-order valence-electron chi connectivity index (χ2n) is 2.56. The third-order valence-corrected chi connectivity index (χ3v) is 3.88. The summed E-state index contributed by atoms with van der Waals surface area (Å²) in [5.74, 6) is 0.659. The van der Waals surface area contributed by atoms with Crippen LogP contribution in [0.1, 0.15) is 0 Å². The van der Waals surface area contributed by atoms with E-state index in [1.165, 1.54) is 0 Å². The van der Waals surface area contributed by atoms with Crippen LogP contribution in [0.2, 0.25) is 5.02 Å². The van der Waals surface area contributed by atoms with Crippen molar-refractivity contribution in [1.82, 2.24) is 9.55 Å². The molecule has 0 bridgehead atoms. The number of halogens is 3. The molecule has 14 heavy (non-hydrogen) atoms. The quantitative estimate of drug-likeness (QED) is 0.774. The summed E-state index contributed by atoms with van der Waals surface area (Å²) in [4.78, 5) is 4.17. The number of hydrogen-bond acceptors (Lipinski definition) is 1. The molecule has 0 spiro atoms. The van der Waals surface area contributed by atoms with Gasteiger partial charge in [-0.05, 0) is 50.1 Å². The molecule has 0 aliphatic carbocycles. The zero-order chi connectivity index (χ0) is 10.1. The van der Waals surface area contributed by atoms with E-state index in [0.29, 0.717) is 10.8 Å². The van der Waals surface area contributed by atoms with Crippen molar-refractivity contribution in [2.75, 3.05) is 0 Å². The predicted molar refractivity (Wildman–Crippen MR) is 62.8 cm³/mol. The lowest BCUT2D eigenvalue weighted by Crippen LogP contribution is -1.96. The van der Waals surface area contributed by atoms with Crippen molar-refractivity contribution >= 4 is 43.5 Å². The Balaban J connectivity index is 2.60. The Bertz CT molecular complexity index is 468. The Kier molecular flexibility index (Phi) is 2.95. The van der Waals surface area contributed by atoms with E-state index < -0.39 is 0 Å². The standard InChI is InChI=1S/C9H4Br2ClN2/c10-6-3-5-14(8(6)11)9-7(12)2-1-4-13-9/h1-4H. The number of nitrogens with zero attached hydrogens (tertiary/aromatic N) is 2. The van der Waals surface area contributed by atoms with Crippen molar-refractivity contribution in [3.05, 3.63) is 44.7 Å². The molecule has 0 saturated heterocycles. The van der Waals surface area contributed by atoms with Crippen LogP contribution >= 0.6 is 43.5 Å². The molecule has 5 heteroatoms. The molecule has 0 fully saturated rings. The number of aromatic nitrogens is 2. The van der Waals surface area contributed by atoms with Gasteiger partial charge in [0.05, 0.1) is 15.7 Å². The van der Waals surface area contributed by atoms with Gasteiger partial charge in [0.2, 0.25) is 0 Å². The maximum Gasteiger partial charge on any atom is 0.156 e. The summed E-state index contributed by atoms with van der Waals surface area (Å²) in [6.07, 6.45) is 4.70. The van der Waals surface area contributed by atoms with Crippen LogP contribution in [0.4, 0.5) is 0 Å². The van der Waals surface area contributed by atoms with Gasteiger partial charge in [-0.15, -0.1) is 0 Å². The molecular formula is C9H4Br2ClN2. The lowest BCUT2D eigenvalue weighted by Gasteiger charge is -2.04. The summed E-state index contributed by atoms with van der Waals surface area (Å²) in [6.45, 7) is 0. The lowest BCUT2D eigenvalue weighted by atomic mass is 10.4. The minimum absolute atomic E-state index is 0.590. The minimum Gasteiger partial charge on any atom is -0.284 e. The molecule has 0 aliphatic heterocycles. The van der Waals surface area contributed by atoms with Gasteiger partial charge in [0.25, 0.3) is 0 Å².